The highest BCUT2D eigenvalue weighted by atomic mass is 16.5. The number of fused-ring (bicyclic) bond motifs is 1. The molecule has 2 saturated heterocycles. The summed E-state index contributed by atoms with van der Waals surface area (Å²) in [6, 6.07) is 0. The van der Waals surface area contributed by atoms with Crippen LogP contribution < -0.4 is 0 Å². The third-order valence-electron chi connectivity index (χ3n) is 8.99. The van der Waals surface area contributed by atoms with E-state index in [2.05, 4.69) is 13.0 Å². The van der Waals surface area contributed by atoms with Crippen molar-refractivity contribution in [3.63, 3.8) is 0 Å². The minimum Gasteiger partial charge on any atom is -0.468 e. The molecule has 0 radical (unpaired) electrons. The van der Waals surface area contributed by atoms with E-state index in [1.807, 2.05) is 9.80 Å². The molecule has 1 saturated carbocycles. The fraction of sp³-hybridized carbons (Fsp3) is 0.800. The zero-order valence-corrected chi connectivity index (χ0v) is 23.5. The van der Waals surface area contributed by atoms with Gasteiger partial charge in [0.05, 0.1) is 7.11 Å². The van der Waals surface area contributed by atoms with Gasteiger partial charge in [-0.25, -0.2) is 0 Å². The van der Waals surface area contributed by atoms with Crippen LogP contribution in [0.1, 0.15) is 96.8 Å². The van der Waals surface area contributed by atoms with Crippen LogP contribution in [0.4, 0.5) is 0 Å². The number of ether oxygens (including phenoxy) is 1. The highest BCUT2D eigenvalue weighted by Crippen LogP contribution is 2.49. The monoisotopic (exact) mass is 529 g/mol. The van der Waals surface area contributed by atoms with Gasteiger partial charge in [-0.15, -0.1) is 0 Å². The van der Waals surface area contributed by atoms with Crippen molar-refractivity contribution in [1.29, 1.82) is 0 Å². The summed E-state index contributed by atoms with van der Waals surface area (Å²) >= 11 is 0. The molecule has 0 bridgehead atoms. The van der Waals surface area contributed by atoms with Crippen LogP contribution in [0, 0.1) is 17.3 Å². The Morgan fingerprint density at radius 3 is 2.34 bits per heavy atom. The Morgan fingerprint density at radius 2 is 1.66 bits per heavy atom. The number of nitrogens with zero attached hydrogens (tertiary/aromatic N) is 3. The lowest BCUT2D eigenvalue weighted by Gasteiger charge is -2.46. The van der Waals surface area contributed by atoms with E-state index < -0.39 is 11.3 Å². The van der Waals surface area contributed by atoms with Gasteiger partial charge in [0.15, 0.2) is 0 Å². The number of allylic oxidation sites excluding steroid dienone is 1. The van der Waals surface area contributed by atoms with Gasteiger partial charge in [-0.2, -0.15) is 0 Å². The highest BCUT2D eigenvalue weighted by molar-refractivity contribution is 5.92. The summed E-state index contributed by atoms with van der Waals surface area (Å²) in [5.41, 5.74) is -0.0434. The lowest BCUT2D eigenvalue weighted by molar-refractivity contribution is -0.160. The van der Waals surface area contributed by atoms with Crippen LogP contribution in [0.3, 0.4) is 0 Å². The average Bonchev–Trinajstić information content (AvgIpc) is 3.79. The molecule has 3 amide bonds. The molecule has 38 heavy (non-hydrogen) atoms. The van der Waals surface area contributed by atoms with Gasteiger partial charge in [0, 0.05) is 56.7 Å². The second-order valence-electron chi connectivity index (χ2n) is 11.8. The summed E-state index contributed by atoms with van der Waals surface area (Å²) in [5.74, 6) is -0.493. The molecule has 0 aromatic rings. The number of amides is 3. The SMILES string of the molecule is CCCCCCCCN1C(=O)[C@H](CC(=O)N2CCN(C(=O)C3CC3)CC2)C[C@@]2(C(=O)OC)CCCCC=C12. The largest absolute Gasteiger partial charge is 0.468 e. The highest BCUT2D eigenvalue weighted by Gasteiger charge is 2.54. The van der Waals surface area contributed by atoms with Gasteiger partial charge in [0.25, 0.3) is 0 Å². The number of piperidine rings is 1. The van der Waals surface area contributed by atoms with Gasteiger partial charge in [0.2, 0.25) is 17.7 Å². The minimum atomic E-state index is -0.859. The van der Waals surface area contributed by atoms with Crippen LogP contribution >= 0.6 is 0 Å². The maximum atomic E-state index is 13.9. The first-order chi connectivity index (χ1) is 18.4. The van der Waals surface area contributed by atoms with E-state index in [1.54, 1.807) is 4.90 Å². The fourth-order valence-corrected chi connectivity index (χ4v) is 6.59. The molecule has 0 unspecified atom stereocenters. The Hall–Kier alpha value is -2.38. The van der Waals surface area contributed by atoms with Gasteiger partial charge in [-0.3, -0.25) is 19.2 Å². The first-order valence-electron chi connectivity index (χ1n) is 15.1. The van der Waals surface area contributed by atoms with Gasteiger partial charge in [0.1, 0.15) is 5.41 Å². The Morgan fingerprint density at radius 1 is 0.974 bits per heavy atom. The number of rotatable bonds is 11. The Balaban J connectivity index is 1.45. The van der Waals surface area contributed by atoms with Crippen molar-refractivity contribution in [2.24, 2.45) is 17.3 Å². The van der Waals surface area contributed by atoms with Crippen molar-refractivity contribution < 1.29 is 23.9 Å². The normalized spacial score (nSPS) is 25.9. The molecule has 8 heteroatoms. The quantitative estimate of drug-likeness (QED) is 0.294. The van der Waals surface area contributed by atoms with Gasteiger partial charge in [-0.1, -0.05) is 51.5 Å². The number of hydrogen-bond acceptors (Lipinski definition) is 5. The molecule has 4 aliphatic rings. The lowest BCUT2D eigenvalue weighted by Crippen LogP contribution is -2.55. The topological polar surface area (TPSA) is 87.2 Å². The third kappa shape index (κ3) is 6.42. The number of methoxy groups -OCH3 is 1. The van der Waals surface area contributed by atoms with Gasteiger partial charge in [-0.05, 0) is 44.9 Å². The Kier molecular flexibility index (Phi) is 9.88. The maximum absolute atomic E-state index is 13.9. The zero-order valence-electron chi connectivity index (χ0n) is 23.5. The van der Waals surface area contributed by atoms with E-state index in [0.717, 1.165) is 57.1 Å². The fourth-order valence-electron chi connectivity index (χ4n) is 6.59. The molecule has 0 aromatic heterocycles. The second kappa shape index (κ2) is 13.1. The third-order valence-corrected chi connectivity index (χ3v) is 8.99. The molecule has 212 valence electrons. The predicted octanol–water partition coefficient (Wildman–Crippen LogP) is 4.28. The average molecular weight is 530 g/mol. The van der Waals surface area contributed by atoms with Crippen molar-refractivity contribution in [2.45, 2.75) is 96.8 Å². The first kappa shape index (κ1) is 28.6. The molecule has 0 spiro atoms. The molecule has 2 atom stereocenters. The molecule has 0 aromatic carbocycles. The molecule has 2 aliphatic heterocycles. The molecular formula is C30H47N3O5. The number of carbonyl (C=O) groups is 4. The number of likely N-dealkylation sites (tertiary alicyclic amines) is 1. The molecule has 2 aliphatic carbocycles. The molecular weight excluding hydrogens is 482 g/mol. The number of esters is 1. The van der Waals surface area contributed by atoms with E-state index in [-0.39, 0.29) is 36.0 Å². The summed E-state index contributed by atoms with van der Waals surface area (Å²) in [6.45, 7) is 4.92. The maximum Gasteiger partial charge on any atom is 0.317 e. The number of piperazine rings is 1. The van der Waals surface area contributed by atoms with Gasteiger partial charge >= 0.3 is 5.97 Å². The van der Waals surface area contributed by atoms with Crippen LogP contribution in [0.2, 0.25) is 0 Å². The van der Waals surface area contributed by atoms with Crippen LogP contribution in [0.25, 0.3) is 0 Å². The minimum absolute atomic E-state index is 0.0258. The zero-order chi connectivity index (χ0) is 27.1. The van der Waals surface area contributed by atoms with Crippen molar-refractivity contribution in [2.75, 3.05) is 39.8 Å². The van der Waals surface area contributed by atoms with Crippen molar-refractivity contribution in [3.05, 3.63) is 11.8 Å². The summed E-state index contributed by atoms with van der Waals surface area (Å²) in [6.07, 6.45) is 14.6. The van der Waals surface area contributed by atoms with Crippen LogP contribution in [0.15, 0.2) is 11.8 Å². The van der Waals surface area contributed by atoms with Crippen molar-refractivity contribution >= 4 is 23.7 Å². The second-order valence-corrected chi connectivity index (χ2v) is 11.8. The first-order valence-corrected chi connectivity index (χ1v) is 15.1. The standard InChI is InChI=1S/C30H47N3O5/c1-3-4-5-6-7-11-16-33-25-12-9-8-10-15-30(25,29(37)38-2)22-24(28(33)36)21-26(34)31-17-19-32(20-18-31)27(35)23-13-14-23/h12,23-24H,3-11,13-22H2,1-2H3/t24-,30+/m1/s1. The lowest BCUT2D eigenvalue weighted by atomic mass is 9.69. The smallest absolute Gasteiger partial charge is 0.317 e. The number of carbonyl (C=O) groups excluding carboxylic acids is 4. The van der Waals surface area contributed by atoms with Gasteiger partial charge < -0.3 is 19.4 Å². The summed E-state index contributed by atoms with van der Waals surface area (Å²) in [5, 5.41) is 0. The van der Waals surface area contributed by atoms with E-state index >= 15 is 0 Å². The summed E-state index contributed by atoms with van der Waals surface area (Å²) in [7, 11) is 1.43. The van der Waals surface area contributed by atoms with E-state index in [9.17, 15) is 19.2 Å². The Labute approximate surface area is 228 Å². The van der Waals surface area contributed by atoms with E-state index in [4.69, 9.17) is 4.74 Å². The van der Waals surface area contributed by atoms with Crippen molar-refractivity contribution in [3.8, 4) is 0 Å². The van der Waals surface area contributed by atoms with E-state index in [0.29, 0.717) is 45.6 Å². The summed E-state index contributed by atoms with van der Waals surface area (Å²) < 4.78 is 5.34. The predicted molar refractivity (Wildman–Crippen MR) is 145 cm³/mol. The number of hydrogen-bond donors (Lipinski definition) is 0. The molecule has 0 N–H and O–H groups in total. The van der Waals surface area contributed by atoms with Crippen molar-refractivity contribution in [1.82, 2.24) is 14.7 Å². The van der Waals surface area contributed by atoms with Crippen LogP contribution in [-0.2, 0) is 23.9 Å². The molecule has 3 fully saturated rings. The number of unbranched alkanes of at least 4 members (excludes halogenated alkanes) is 5. The summed E-state index contributed by atoms with van der Waals surface area (Å²) in [4.78, 5) is 58.5. The Bertz CT molecular complexity index is 906. The molecule has 4 rings (SSSR count). The van der Waals surface area contributed by atoms with E-state index in [1.165, 1.54) is 26.4 Å². The molecule has 8 nitrogen and oxygen atoms in total. The van der Waals surface area contributed by atoms with Crippen LogP contribution in [0.5, 0.6) is 0 Å². The molecule has 2 heterocycles. The van der Waals surface area contributed by atoms with Crippen LogP contribution in [-0.4, -0.2) is 78.2 Å².